The number of carbonyl (C=O) groups is 1. The molecular formula is C11H18O2. The number of carboxylic acids is 1. The van der Waals surface area contributed by atoms with Gasteiger partial charge in [-0.3, -0.25) is 0 Å². The van der Waals surface area contributed by atoms with Crippen LogP contribution in [-0.2, 0) is 4.79 Å². The van der Waals surface area contributed by atoms with Crippen molar-refractivity contribution in [3.63, 3.8) is 0 Å². The van der Waals surface area contributed by atoms with E-state index < -0.39 is 5.97 Å². The molecule has 13 heavy (non-hydrogen) atoms. The molecule has 0 saturated heterocycles. The van der Waals surface area contributed by atoms with Gasteiger partial charge in [-0.15, -0.1) is 6.58 Å². The lowest BCUT2D eigenvalue weighted by Crippen LogP contribution is -1.96. The van der Waals surface area contributed by atoms with E-state index in [4.69, 9.17) is 5.11 Å². The first-order chi connectivity index (χ1) is 6.20. The average molecular weight is 182 g/mol. The Morgan fingerprint density at radius 3 is 2.77 bits per heavy atom. The summed E-state index contributed by atoms with van der Waals surface area (Å²) in [6.07, 6.45) is 9.03. The molecule has 1 N–H and O–H groups in total. The van der Waals surface area contributed by atoms with E-state index in [0.29, 0.717) is 5.92 Å². The van der Waals surface area contributed by atoms with Gasteiger partial charge in [0.1, 0.15) is 0 Å². The minimum Gasteiger partial charge on any atom is -0.478 e. The highest BCUT2D eigenvalue weighted by Crippen LogP contribution is 2.14. The molecule has 0 aromatic heterocycles. The van der Waals surface area contributed by atoms with Gasteiger partial charge in [-0.1, -0.05) is 31.9 Å². The molecule has 0 aliphatic carbocycles. The Kier molecular flexibility index (Phi) is 6.98. The minimum atomic E-state index is -0.870. The molecule has 0 bridgehead atoms. The predicted molar refractivity (Wildman–Crippen MR) is 54.6 cm³/mol. The van der Waals surface area contributed by atoms with E-state index in [-0.39, 0.29) is 0 Å². The summed E-state index contributed by atoms with van der Waals surface area (Å²) in [5.74, 6) is -0.529. The second kappa shape index (κ2) is 7.59. The van der Waals surface area contributed by atoms with Crippen LogP contribution in [0.2, 0.25) is 0 Å². The topological polar surface area (TPSA) is 37.3 Å². The number of allylic oxidation sites excluding steroid dienone is 2. The first kappa shape index (κ1) is 11.9. The van der Waals surface area contributed by atoms with Gasteiger partial charge in [-0.25, -0.2) is 4.79 Å². The van der Waals surface area contributed by atoms with Crippen LogP contribution in [0.4, 0.5) is 0 Å². The molecule has 74 valence electrons. The second-order valence-corrected chi connectivity index (χ2v) is 3.12. The Balaban J connectivity index is 3.92. The van der Waals surface area contributed by atoms with E-state index in [9.17, 15) is 4.79 Å². The average Bonchev–Trinajstić information content (AvgIpc) is 2.09. The highest BCUT2D eigenvalue weighted by Gasteiger charge is 2.01. The molecule has 0 heterocycles. The zero-order valence-corrected chi connectivity index (χ0v) is 8.20. The van der Waals surface area contributed by atoms with Crippen LogP contribution in [0.15, 0.2) is 24.8 Å². The molecule has 0 aliphatic rings. The largest absolute Gasteiger partial charge is 0.478 e. The molecule has 0 aromatic rings. The van der Waals surface area contributed by atoms with E-state index in [1.165, 1.54) is 6.08 Å². The van der Waals surface area contributed by atoms with Gasteiger partial charge in [0.2, 0.25) is 0 Å². The number of hydrogen-bond donors (Lipinski definition) is 1. The van der Waals surface area contributed by atoms with Crippen LogP contribution in [0.3, 0.4) is 0 Å². The van der Waals surface area contributed by atoms with E-state index in [1.807, 2.05) is 6.08 Å². The summed E-state index contributed by atoms with van der Waals surface area (Å²) < 4.78 is 0. The first-order valence-corrected chi connectivity index (χ1v) is 4.72. The van der Waals surface area contributed by atoms with Crippen molar-refractivity contribution in [1.29, 1.82) is 0 Å². The fourth-order valence-corrected chi connectivity index (χ4v) is 1.19. The number of hydrogen-bond acceptors (Lipinski definition) is 1. The van der Waals surface area contributed by atoms with Crippen LogP contribution in [0.25, 0.3) is 0 Å². The van der Waals surface area contributed by atoms with Gasteiger partial charge in [-0.05, 0) is 18.8 Å². The van der Waals surface area contributed by atoms with Crippen molar-refractivity contribution in [2.24, 2.45) is 5.92 Å². The lowest BCUT2D eigenvalue weighted by molar-refractivity contribution is -0.131. The second-order valence-electron chi connectivity index (χ2n) is 3.12. The summed E-state index contributed by atoms with van der Waals surface area (Å²) in [4.78, 5) is 10.3. The molecule has 0 rings (SSSR count). The molecule has 2 heteroatoms. The quantitative estimate of drug-likeness (QED) is 0.485. The van der Waals surface area contributed by atoms with Crippen molar-refractivity contribution in [2.75, 3.05) is 0 Å². The van der Waals surface area contributed by atoms with Gasteiger partial charge < -0.3 is 5.11 Å². The third-order valence-electron chi connectivity index (χ3n) is 1.91. The number of aliphatic carboxylic acids is 1. The van der Waals surface area contributed by atoms with E-state index in [0.717, 1.165) is 25.7 Å². The third kappa shape index (κ3) is 7.32. The lowest BCUT2D eigenvalue weighted by Gasteiger charge is -2.07. The minimum absolute atomic E-state index is 0.341. The maximum atomic E-state index is 10.3. The van der Waals surface area contributed by atoms with Gasteiger partial charge in [0.25, 0.3) is 0 Å². The van der Waals surface area contributed by atoms with E-state index >= 15 is 0 Å². The predicted octanol–water partition coefficient (Wildman–Crippen LogP) is 3.01. The summed E-state index contributed by atoms with van der Waals surface area (Å²) in [6.45, 7) is 5.79. The molecule has 0 spiro atoms. The van der Waals surface area contributed by atoms with E-state index in [2.05, 4.69) is 13.5 Å². The summed E-state index contributed by atoms with van der Waals surface area (Å²) >= 11 is 0. The molecule has 0 saturated carbocycles. The Bertz CT molecular complexity index is 183. The molecule has 0 unspecified atom stereocenters. The van der Waals surface area contributed by atoms with Crippen molar-refractivity contribution in [2.45, 2.75) is 32.6 Å². The molecule has 0 fully saturated rings. The normalized spacial score (nSPS) is 13.0. The third-order valence-corrected chi connectivity index (χ3v) is 1.91. The van der Waals surface area contributed by atoms with Gasteiger partial charge in [0.05, 0.1) is 0 Å². The molecule has 1 atom stereocenters. The zero-order valence-electron chi connectivity index (χ0n) is 8.20. The fourth-order valence-electron chi connectivity index (χ4n) is 1.19. The molecule has 0 aliphatic heterocycles. The van der Waals surface area contributed by atoms with Crippen molar-refractivity contribution in [1.82, 2.24) is 0 Å². The summed E-state index contributed by atoms with van der Waals surface area (Å²) in [5.41, 5.74) is 0. The van der Waals surface area contributed by atoms with Crippen LogP contribution in [0, 0.1) is 5.92 Å². The van der Waals surface area contributed by atoms with Crippen LogP contribution < -0.4 is 0 Å². The Labute approximate surface area is 80.0 Å². The van der Waals surface area contributed by atoms with Crippen LogP contribution in [0.1, 0.15) is 32.6 Å². The van der Waals surface area contributed by atoms with Crippen LogP contribution >= 0.6 is 0 Å². The Hall–Kier alpha value is -1.05. The highest BCUT2D eigenvalue weighted by atomic mass is 16.4. The number of rotatable bonds is 7. The first-order valence-electron chi connectivity index (χ1n) is 4.72. The molecule has 2 nitrogen and oxygen atoms in total. The monoisotopic (exact) mass is 182 g/mol. The molecule has 0 amide bonds. The van der Waals surface area contributed by atoms with E-state index in [1.54, 1.807) is 6.08 Å². The van der Waals surface area contributed by atoms with Crippen molar-refractivity contribution in [3.8, 4) is 0 Å². The SMILES string of the molecule is C=CC[C@H](/C=C/C(=O)O)CCCC. The standard InChI is InChI=1S/C11H18O2/c1-3-5-7-10(6-4-2)8-9-11(12)13/h4,8-10H,2-3,5-7H2,1H3,(H,12,13)/b9-8+/t10-/m0/s1. The maximum absolute atomic E-state index is 10.3. The Morgan fingerprint density at radius 2 is 2.31 bits per heavy atom. The van der Waals surface area contributed by atoms with Crippen LogP contribution in [0.5, 0.6) is 0 Å². The lowest BCUT2D eigenvalue weighted by atomic mass is 9.98. The molecule has 0 radical (unpaired) electrons. The molecule has 0 aromatic carbocycles. The maximum Gasteiger partial charge on any atom is 0.327 e. The summed E-state index contributed by atoms with van der Waals surface area (Å²) in [6, 6.07) is 0. The summed E-state index contributed by atoms with van der Waals surface area (Å²) in [5, 5.41) is 8.44. The Morgan fingerprint density at radius 1 is 1.62 bits per heavy atom. The fraction of sp³-hybridized carbons (Fsp3) is 0.545. The zero-order chi connectivity index (χ0) is 10.1. The van der Waals surface area contributed by atoms with Crippen molar-refractivity contribution < 1.29 is 9.90 Å². The summed E-state index contributed by atoms with van der Waals surface area (Å²) in [7, 11) is 0. The van der Waals surface area contributed by atoms with Gasteiger partial charge in [0, 0.05) is 6.08 Å². The van der Waals surface area contributed by atoms with Gasteiger partial charge in [-0.2, -0.15) is 0 Å². The van der Waals surface area contributed by atoms with Gasteiger partial charge >= 0.3 is 5.97 Å². The van der Waals surface area contributed by atoms with Crippen LogP contribution in [-0.4, -0.2) is 11.1 Å². The molecular weight excluding hydrogens is 164 g/mol. The van der Waals surface area contributed by atoms with Crippen molar-refractivity contribution >= 4 is 5.97 Å². The van der Waals surface area contributed by atoms with Gasteiger partial charge in [0.15, 0.2) is 0 Å². The smallest absolute Gasteiger partial charge is 0.327 e. The number of carboxylic acid groups (broad SMARTS) is 1. The highest BCUT2D eigenvalue weighted by molar-refractivity contribution is 5.79. The van der Waals surface area contributed by atoms with Crippen molar-refractivity contribution in [3.05, 3.63) is 24.8 Å². The number of unbranched alkanes of at least 4 members (excludes halogenated alkanes) is 1.